The zero-order valence-corrected chi connectivity index (χ0v) is 40.1. The molecule has 67 heavy (non-hydrogen) atoms. The molecule has 0 aliphatic rings. The van der Waals surface area contributed by atoms with Crippen LogP contribution in [0.15, 0.2) is 104 Å². The van der Waals surface area contributed by atoms with Gasteiger partial charge in [-0.1, -0.05) is 107 Å². The van der Waals surface area contributed by atoms with Gasteiger partial charge in [-0.15, -0.1) is 0 Å². The molecule has 2 aromatic heterocycles. The van der Waals surface area contributed by atoms with Crippen molar-refractivity contribution in [2.45, 2.75) is 38.8 Å². The van der Waals surface area contributed by atoms with Crippen LogP contribution in [0.5, 0.6) is 0 Å². The van der Waals surface area contributed by atoms with Crippen LogP contribution in [-0.4, -0.2) is 66.3 Å². The third-order valence-electron chi connectivity index (χ3n) is 11.1. The zero-order chi connectivity index (χ0) is 49.6. The monoisotopic (exact) mass is 992 g/mol. The smallest absolute Gasteiger partial charge is 0.330 e. The first kappa shape index (κ1) is 51.3. The molecule has 2 unspecified atom stereocenters. The highest BCUT2D eigenvalue weighted by Gasteiger charge is 2.26. The van der Waals surface area contributed by atoms with E-state index in [1.54, 1.807) is 88.6 Å². The van der Waals surface area contributed by atoms with Gasteiger partial charge in [-0.05, 0) is 60.4 Å². The summed E-state index contributed by atoms with van der Waals surface area (Å²) >= 11 is 24.3. The van der Waals surface area contributed by atoms with Crippen molar-refractivity contribution in [3.63, 3.8) is 0 Å². The van der Waals surface area contributed by atoms with Crippen LogP contribution in [0.3, 0.4) is 0 Å². The van der Waals surface area contributed by atoms with Crippen LogP contribution < -0.4 is 33.1 Å². The van der Waals surface area contributed by atoms with Gasteiger partial charge in [-0.3, -0.25) is 28.3 Å². The van der Waals surface area contributed by atoms with Gasteiger partial charge >= 0.3 is 23.3 Å². The Bertz CT molecular complexity index is 3120. The van der Waals surface area contributed by atoms with E-state index in [0.29, 0.717) is 44.8 Å². The number of carboxylic acid groups (broad SMARTS) is 1. The van der Waals surface area contributed by atoms with Crippen molar-refractivity contribution in [1.82, 2.24) is 28.9 Å². The number of rotatable bonds is 12. The second-order valence-corrected chi connectivity index (χ2v) is 16.9. The first-order valence-corrected chi connectivity index (χ1v) is 21.6. The van der Waals surface area contributed by atoms with Gasteiger partial charge in [0.2, 0.25) is 0 Å². The summed E-state index contributed by atoms with van der Waals surface area (Å²) in [6, 6.07) is 20.6. The minimum Gasteiger partial charge on any atom is -0.480 e. The number of hydrogen-bond acceptors (Lipinski definition) is 9. The van der Waals surface area contributed by atoms with Crippen LogP contribution in [0.25, 0.3) is 22.3 Å². The molecule has 0 aliphatic carbocycles. The molecule has 6 rings (SSSR count). The molecule has 4 aromatic carbocycles. The molecule has 350 valence electrons. The number of carbonyl (C=O) groups excluding carboxylic acids is 3. The van der Waals surface area contributed by atoms with Gasteiger partial charge < -0.3 is 29.6 Å². The topological polar surface area (TPSA) is 210 Å². The van der Waals surface area contributed by atoms with E-state index in [2.05, 4.69) is 10.6 Å². The quantitative estimate of drug-likeness (QED) is 0.128. The third-order valence-corrected chi connectivity index (χ3v) is 12.3. The first-order valence-electron chi connectivity index (χ1n) is 20.1. The molecule has 0 radical (unpaired) electrons. The average Bonchev–Trinajstić information content (AvgIpc) is 3.29. The zero-order valence-electron chi connectivity index (χ0n) is 37.1. The Morgan fingerprint density at radius 1 is 0.552 bits per heavy atom. The van der Waals surface area contributed by atoms with Gasteiger partial charge in [0, 0.05) is 52.4 Å². The summed E-state index contributed by atoms with van der Waals surface area (Å²) in [5.74, 6) is -3.16. The van der Waals surface area contributed by atoms with Crippen LogP contribution in [0.4, 0.5) is 0 Å². The van der Waals surface area contributed by atoms with E-state index in [0.717, 1.165) is 9.13 Å². The van der Waals surface area contributed by atoms with Crippen molar-refractivity contribution in [3.8, 4) is 22.3 Å². The number of aromatic nitrogens is 4. The maximum absolute atomic E-state index is 12.8. The summed E-state index contributed by atoms with van der Waals surface area (Å²) < 4.78 is 9.74. The highest BCUT2D eigenvalue weighted by atomic mass is 35.5. The van der Waals surface area contributed by atoms with Crippen LogP contribution in [0.1, 0.15) is 43.2 Å². The van der Waals surface area contributed by atoms with Crippen molar-refractivity contribution in [1.29, 1.82) is 0 Å². The maximum Gasteiger partial charge on any atom is 0.330 e. The van der Waals surface area contributed by atoms with Crippen LogP contribution in [-0.2, 0) is 55.4 Å². The van der Waals surface area contributed by atoms with E-state index in [4.69, 9.17) is 51.1 Å². The largest absolute Gasteiger partial charge is 0.480 e. The lowest BCUT2D eigenvalue weighted by Gasteiger charge is -2.18. The van der Waals surface area contributed by atoms with Crippen LogP contribution in [0.2, 0.25) is 20.1 Å². The average molecular weight is 995 g/mol. The number of carboxylic acids is 1. The van der Waals surface area contributed by atoms with E-state index in [1.165, 1.54) is 54.6 Å². The fraction of sp³-hybridized carbons (Fsp3) is 0.234. The van der Waals surface area contributed by atoms with Gasteiger partial charge in [-0.2, -0.15) is 0 Å². The van der Waals surface area contributed by atoms with Gasteiger partial charge in [0.25, 0.3) is 22.9 Å². The summed E-state index contributed by atoms with van der Waals surface area (Å²) in [4.78, 5) is 99.0. The van der Waals surface area contributed by atoms with Crippen molar-refractivity contribution in [2.24, 2.45) is 28.2 Å². The number of nitrogens with zero attached hydrogens (tertiary/aromatic N) is 4. The van der Waals surface area contributed by atoms with Crippen molar-refractivity contribution in [3.05, 3.63) is 180 Å². The molecule has 2 heterocycles. The number of amides is 2. The lowest BCUT2D eigenvalue weighted by molar-refractivity contribution is -0.143. The Morgan fingerprint density at radius 2 is 0.881 bits per heavy atom. The number of nitrogens with one attached hydrogen (secondary N) is 2. The molecule has 16 nitrogen and oxygen atoms in total. The summed E-state index contributed by atoms with van der Waals surface area (Å²) in [6.07, 6.45) is 0.124. The Kier molecular flexibility index (Phi) is 16.6. The molecule has 6 aromatic rings. The summed E-state index contributed by atoms with van der Waals surface area (Å²) in [5.41, 5.74) is 2.81. The molecule has 3 N–H and O–H groups in total. The molecule has 0 fully saturated rings. The van der Waals surface area contributed by atoms with E-state index >= 15 is 0 Å². The molecular formula is C47H44Cl4N6O10. The minimum atomic E-state index is -1.23. The second-order valence-electron chi connectivity index (χ2n) is 15.2. The lowest BCUT2D eigenvalue weighted by Crippen LogP contribution is -2.43. The predicted octanol–water partition coefficient (Wildman–Crippen LogP) is 5.67. The highest BCUT2D eigenvalue weighted by molar-refractivity contribution is 6.40. The number of benzene rings is 4. The highest BCUT2D eigenvalue weighted by Crippen LogP contribution is 2.26. The van der Waals surface area contributed by atoms with Crippen LogP contribution in [0, 0.1) is 13.8 Å². The summed E-state index contributed by atoms with van der Waals surface area (Å²) in [6.45, 7) is 3.39. The summed E-state index contributed by atoms with van der Waals surface area (Å²) in [5, 5.41) is 15.2. The number of carbonyl (C=O) groups is 4. The minimum absolute atomic E-state index is 0.00319. The van der Waals surface area contributed by atoms with Crippen molar-refractivity contribution in [2.75, 3.05) is 7.11 Å². The Morgan fingerprint density at radius 3 is 1.21 bits per heavy atom. The molecule has 20 heteroatoms. The Balaban J connectivity index is 0.000000251. The molecular weight excluding hydrogens is 950 g/mol. The second kappa shape index (κ2) is 21.7. The van der Waals surface area contributed by atoms with E-state index in [9.17, 15) is 43.5 Å². The fourth-order valence-corrected chi connectivity index (χ4v) is 8.21. The number of methoxy groups -OCH3 is 1. The molecule has 0 aliphatic heterocycles. The van der Waals surface area contributed by atoms with Crippen molar-refractivity contribution < 1.29 is 29.0 Å². The molecule has 0 saturated heterocycles. The standard InChI is InChI=1S/C24H23Cl2N3O5.C23H21Cl2N3O5/c1-13-19(22(31)29(3)24(33)28(13)2)15-10-8-14(9-11-15)12-18(23(32)34-4)27-21(30)20-16(25)6-5-7-17(20)26;1-12-18(21(30)28(3)23(33)27(12)2)14-9-7-13(8-10-14)11-17(22(31)32)26-20(29)19-15(24)5-4-6-16(19)25/h5-11,18H,12H2,1-4H3,(H,27,30);4-10,17H,11H2,1-3H3,(H,26,29)(H,31,32). The maximum atomic E-state index is 12.8. The fourth-order valence-electron chi connectivity index (χ4n) is 7.07. The molecule has 0 bridgehead atoms. The van der Waals surface area contributed by atoms with Gasteiger partial charge in [0.15, 0.2) is 0 Å². The number of hydrogen-bond donors (Lipinski definition) is 3. The Labute approximate surface area is 402 Å². The van der Waals surface area contributed by atoms with Gasteiger partial charge in [-0.25, -0.2) is 19.2 Å². The summed E-state index contributed by atoms with van der Waals surface area (Å²) in [7, 11) is 7.25. The number of halogens is 4. The van der Waals surface area contributed by atoms with Crippen LogP contribution >= 0.6 is 46.4 Å². The lowest BCUT2D eigenvalue weighted by atomic mass is 10.00. The number of ether oxygens (including phenoxy) is 1. The van der Waals surface area contributed by atoms with E-state index < -0.39 is 58.3 Å². The third kappa shape index (κ3) is 11.3. The van der Waals surface area contributed by atoms with E-state index in [1.807, 2.05) is 0 Å². The first-order chi connectivity index (χ1) is 31.6. The normalized spacial score (nSPS) is 11.7. The Hall–Kier alpha value is -6.72. The van der Waals surface area contributed by atoms with E-state index in [-0.39, 0.29) is 44.1 Å². The van der Waals surface area contributed by atoms with Gasteiger partial charge in [0.1, 0.15) is 12.1 Å². The number of aliphatic carboxylic acids is 1. The molecule has 0 saturated carbocycles. The van der Waals surface area contributed by atoms with Crippen molar-refractivity contribution >= 4 is 70.2 Å². The number of esters is 1. The van der Waals surface area contributed by atoms with Gasteiger partial charge in [0.05, 0.1) is 49.5 Å². The molecule has 2 atom stereocenters. The SMILES string of the molecule is COC(=O)C(Cc1ccc(-c2c(C)n(C)c(=O)n(C)c2=O)cc1)NC(=O)c1c(Cl)cccc1Cl.Cc1c(-c2ccc(CC(NC(=O)c3c(Cl)cccc3Cl)C(=O)O)cc2)c(=O)n(C)c(=O)n1C. The molecule has 2 amide bonds. The predicted molar refractivity (Wildman–Crippen MR) is 257 cm³/mol. The molecule has 0 spiro atoms.